The summed E-state index contributed by atoms with van der Waals surface area (Å²) in [5.41, 5.74) is 7.27. The third kappa shape index (κ3) is 30.4. The highest BCUT2D eigenvalue weighted by Crippen LogP contribution is 2.48. The van der Waals surface area contributed by atoms with Gasteiger partial charge in [-0.15, -0.1) is 0 Å². The van der Waals surface area contributed by atoms with E-state index in [-0.39, 0.29) is 22.9 Å². The fraction of sp³-hybridized carbons (Fsp3) is 0.627. The summed E-state index contributed by atoms with van der Waals surface area (Å²) in [6, 6.07) is 25.3. The summed E-state index contributed by atoms with van der Waals surface area (Å²) in [5, 5.41) is 65.2. The smallest absolute Gasteiger partial charge is 0.224 e. The Kier molecular flexibility index (Phi) is 35.6. The van der Waals surface area contributed by atoms with Crippen molar-refractivity contribution in [3.8, 4) is 0 Å². The predicted molar refractivity (Wildman–Crippen MR) is 573 cm³/mol. The second-order valence-corrected chi connectivity index (χ2v) is 49.6. The maximum atomic E-state index is 12.7. The van der Waals surface area contributed by atoms with Crippen LogP contribution in [0.3, 0.4) is 0 Å². The van der Waals surface area contributed by atoms with Gasteiger partial charge in [-0.3, -0.25) is 44.6 Å². The Morgan fingerprint density at radius 3 is 0.905 bits per heavy atom. The number of carbonyl (C=O) groups is 4. The zero-order valence-corrected chi connectivity index (χ0v) is 87.8. The van der Waals surface area contributed by atoms with E-state index in [1.54, 1.807) is 31.0 Å². The number of carbonyl (C=O) groups excluding carboxylic acids is 4. The maximum Gasteiger partial charge on any atom is 0.224 e. The lowest BCUT2D eigenvalue weighted by atomic mass is 9.69. The van der Waals surface area contributed by atoms with Crippen molar-refractivity contribution < 1.29 is 36.0 Å². The van der Waals surface area contributed by atoms with Gasteiger partial charge in [0.1, 0.15) is 56.2 Å². The molecule has 0 amide bonds. The highest BCUT2D eigenvalue weighted by molar-refractivity contribution is 7.91. The minimum Gasteiger partial charge on any atom is -0.351 e. The molecule has 11 aliphatic carbocycles. The SMILES string of the molecule is CS(=O)(=O)C1CC(CC(=O)CC2CCC(Nc3nccc(Nc4cc(C5CCCC5)[nH]n4)n3)CC2)C1.CS(=O)(=O)N1CC(CC(=O)CC2CCC(Nc3nccc(Nc4cc(C5CCCC5)[nH]n4)n3)CC2)C1.O=C(CC1CCC(Nc2nccc(Nc3cc(C4CCCC4)[nH]n3)n2)CC1)CC1CC(c2ccccn2)C1.O=C(CC1CCC(Nc2nccc(Nc3cc(C4CCCC4)[nH]n3)n2)CC1)CC1CC(c2ccnnc2)C1. The second-order valence-electron chi connectivity index (χ2n) is 45.3. The summed E-state index contributed by atoms with van der Waals surface area (Å²) in [4.78, 5) is 91.2. The number of aromatic amines is 4. The van der Waals surface area contributed by atoms with Crippen molar-refractivity contribution in [3.05, 3.63) is 150 Å². The molecule has 11 saturated carbocycles. The molecular formula is C110H152N28O8S2. The molecule has 0 radical (unpaired) electrons. The molecule has 10 aromatic rings. The van der Waals surface area contributed by atoms with Gasteiger partial charge < -0.3 is 42.5 Å². The van der Waals surface area contributed by atoms with Crippen LogP contribution in [0, 0.1) is 47.3 Å². The van der Waals surface area contributed by atoms with E-state index in [4.69, 9.17) is 0 Å². The van der Waals surface area contributed by atoms with E-state index in [1.807, 2.05) is 48.8 Å². The zero-order valence-electron chi connectivity index (χ0n) is 86.1. The number of nitrogens with zero attached hydrogens (tertiary/aromatic N) is 16. The summed E-state index contributed by atoms with van der Waals surface area (Å²) >= 11 is 0. The van der Waals surface area contributed by atoms with Crippen molar-refractivity contribution in [1.82, 2.24) is 100 Å². The van der Waals surface area contributed by atoms with E-state index in [0.717, 1.165) is 189 Å². The molecule has 0 unspecified atom stereocenters. The second kappa shape index (κ2) is 50.3. The van der Waals surface area contributed by atoms with Crippen molar-refractivity contribution in [1.29, 1.82) is 0 Å². The first kappa shape index (κ1) is 105. The minimum absolute atomic E-state index is 0.180. The molecule has 38 heteroatoms. The van der Waals surface area contributed by atoms with Crippen LogP contribution in [0.4, 0.5) is 70.3 Å². The number of hydrogen-bond acceptors (Lipinski definition) is 31. The molecule has 22 rings (SSSR count). The number of nitrogens with one attached hydrogen (secondary N) is 12. The number of sulfonamides is 1. The molecule has 1 saturated heterocycles. The van der Waals surface area contributed by atoms with Crippen LogP contribution < -0.4 is 42.5 Å². The van der Waals surface area contributed by atoms with Crippen LogP contribution in [0.2, 0.25) is 0 Å². The van der Waals surface area contributed by atoms with Crippen molar-refractivity contribution in [2.75, 3.05) is 68.1 Å². The van der Waals surface area contributed by atoms with Gasteiger partial charge in [0.05, 0.1) is 17.7 Å². The molecule has 0 atom stereocenters. The van der Waals surface area contributed by atoms with Crippen molar-refractivity contribution in [2.24, 2.45) is 47.3 Å². The predicted octanol–water partition coefficient (Wildman–Crippen LogP) is 21.0. The summed E-state index contributed by atoms with van der Waals surface area (Å²) in [5.74, 6) is 16.8. The van der Waals surface area contributed by atoms with Gasteiger partial charge in [0.25, 0.3) is 0 Å². The molecule has 10 aromatic heterocycles. The number of anilines is 12. The van der Waals surface area contributed by atoms with Gasteiger partial charge in [-0.2, -0.15) is 50.5 Å². The van der Waals surface area contributed by atoms with Crippen LogP contribution in [-0.2, 0) is 39.0 Å². The molecule has 0 bridgehead atoms. The molecule has 792 valence electrons. The van der Waals surface area contributed by atoms with Gasteiger partial charge in [0, 0.05) is 214 Å². The summed E-state index contributed by atoms with van der Waals surface area (Å²) < 4.78 is 47.5. The van der Waals surface area contributed by atoms with Gasteiger partial charge in [-0.1, -0.05) is 57.4 Å². The largest absolute Gasteiger partial charge is 0.351 e. The molecule has 11 heterocycles. The Morgan fingerprint density at radius 1 is 0.311 bits per heavy atom. The van der Waals surface area contributed by atoms with Crippen LogP contribution in [0.1, 0.15) is 365 Å². The third-order valence-electron chi connectivity index (χ3n) is 33.9. The maximum absolute atomic E-state index is 12.7. The minimum atomic E-state index is -3.12. The van der Waals surface area contributed by atoms with Crippen LogP contribution in [0.15, 0.2) is 116 Å². The third-order valence-corrected chi connectivity index (χ3v) is 36.7. The summed E-state index contributed by atoms with van der Waals surface area (Å²) in [6.45, 7) is 0.966. The Balaban J connectivity index is 0.000000124. The lowest BCUT2D eigenvalue weighted by Gasteiger charge is -2.37. The van der Waals surface area contributed by atoms with E-state index >= 15 is 0 Å². The Hall–Kier alpha value is -11.7. The number of H-pyrrole nitrogens is 4. The number of ketones is 4. The fourth-order valence-corrected chi connectivity index (χ4v) is 27.4. The number of Topliss-reactive ketones (excluding diaryl/α,β-unsaturated/α-hetero) is 4. The number of hydrogen-bond donors (Lipinski definition) is 12. The molecule has 0 spiro atoms. The van der Waals surface area contributed by atoms with Gasteiger partial charge in [0.2, 0.25) is 33.8 Å². The van der Waals surface area contributed by atoms with E-state index in [1.165, 1.54) is 154 Å². The Labute approximate surface area is 870 Å². The number of pyridine rings is 1. The quantitative estimate of drug-likeness (QED) is 0.0170. The highest BCUT2D eigenvalue weighted by Gasteiger charge is 2.41. The molecular weight excluding hydrogens is 1910 g/mol. The van der Waals surface area contributed by atoms with E-state index < -0.39 is 19.9 Å². The monoisotopic (exact) mass is 2060 g/mol. The van der Waals surface area contributed by atoms with Crippen molar-refractivity contribution in [3.63, 3.8) is 0 Å². The summed E-state index contributed by atoms with van der Waals surface area (Å²) in [6.07, 6.45) is 62.7. The average molecular weight is 2060 g/mol. The standard InChI is InChI=1S/C30H39N7O.C29H38N8O.C26H38N6O3S.C25H37N7O3S/c38-25(18-21-15-23(16-21)26-7-3-4-13-31-26)17-20-8-10-24(11-9-20)33-30-32-14-12-28(35-30)34-29-19-27(36-37-29)22-5-1-2-6-22;38-25(16-20-13-23(14-20)22-9-12-31-32-18-22)15-19-5-7-24(8-6-19)33-29-30-11-10-27(35-29)34-28-17-26(36-37-28)21-3-1-2-4-21;1-36(34,35)22-14-18(15-22)13-21(33)12-17-6-8-20(9-7-17)28-26-27-11-10-24(30-26)29-25-16-23(31-32-25)19-4-2-3-5-19;1-36(34,35)32-15-18(16-32)13-21(33)12-17-6-8-20(9-7-17)27-25-26-11-10-23(29-25)28-24-14-22(30-31-24)19-4-2-3-5-19/h3-4,7,12-14,19-24H,1-2,5-6,8-11,15-18H2,(H3,32,33,34,35,36,37);9-12,17-21,23-24H,1-8,13-16H2,(H3,30,33,34,35,36,37);10-11,16-20,22H,2-9,12-15H2,1H3,(H3,27,28,29,30,31,32);10-11,14,17-20H,2-9,12-13,15-16H2,1H3,(H3,26,27,28,29,30,31). The molecule has 1 aliphatic heterocycles. The normalized spacial score (nSPS) is 25.5. The Bertz CT molecular complexity index is 5800. The molecule has 36 nitrogen and oxygen atoms in total. The zero-order chi connectivity index (χ0) is 102. The molecule has 0 aromatic carbocycles. The van der Waals surface area contributed by atoms with Crippen LogP contribution in [0.25, 0.3) is 0 Å². The van der Waals surface area contributed by atoms with Gasteiger partial charge >= 0.3 is 0 Å². The Morgan fingerprint density at radius 2 is 0.615 bits per heavy atom. The summed E-state index contributed by atoms with van der Waals surface area (Å²) in [7, 11) is -6.07. The van der Waals surface area contributed by atoms with E-state index in [9.17, 15) is 36.0 Å². The molecule has 12 fully saturated rings. The fourth-order valence-electron chi connectivity index (χ4n) is 25.2. The first-order chi connectivity index (χ1) is 72.0. The lowest BCUT2D eigenvalue weighted by molar-refractivity contribution is -0.122. The average Bonchev–Trinajstić information content (AvgIpc) is 1.56. The topological polar surface area (TPSA) is 493 Å². The van der Waals surface area contributed by atoms with E-state index in [2.05, 4.69) is 175 Å². The van der Waals surface area contributed by atoms with Crippen molar-refractivity contribution >= 4 is 113 Å². The molecule has 12 aliphatic rings. The van der Waals surface area contributed by atoms with Gasteiger partial charge in [-0.25, -0.2) is 41.1 Å². The lowest BCUT2D eigenvalue weighted by Crippen LogP contribution is -2.50. The van der Waals surface area contributed by atoms with Crippen molar-refractivity contribution in [2.45, 2.75) is 360 Å². The number of rotatable bonds is 40. The van der Waals surface area contributed by atoms with E-state index in [0.29, 0.717) is 200 Å². The van der Waals surface area contributed by atoms with Crippen LogP contribution in [-0.4, -0.2) is 195 Å². The highest BCUT2D eigenvalue weighted by atomic mass is 32.2. The first-order valence-corrected chi connectivity index (χ1v) is 59.3. The van der Waals surface area contributed by atoms with Crippen LogP contribution >= 0.6 is 0 Å². The number of aromatic nitrogens is 19. The molecule has 148 heavy (non-hydrogen) atoms. The van der Waals surface area contributed by atoms with Crippen LogP contribution in [0.5, 0.6) is 0 Å². The number of sulfone groups is 1. The van der Waals surface area contributed by atoms with Gasteiger partial charge in [0.15, 0.2) is 23.3 Å². The van der Waals surface area contributed by atoms with Gasteiger partial charge in [-0.05, 0) is 294 Å². The first-order valence-electron chi connectivity index (χ1n) is 55.5. The molecule has 12 N–H and O–H groups in total.